The van der Waals surface area contributed by atoms with Crippen LogP contribution in [-0.4, -0.2) is 36.2 Å². The molecule has 6 heteroatoms. The molecule has 1 aromatic heterocycles. The average molecular weight is 253 g/mol. The molecule has 1 fully saturated rings. The molecular formula is C12H15NO5. The Kier molecular flexibility index (Phi) is 3.99. The van der Waals surface area contributed by atoms with Crippen LogP contribution in [0.15, 0.2) is 16.7 Å². The van der Waals surface area contributed by atoms with Crippen LogP contribution in [0.5, 0.6) is 0 Å². The Morgan fingerprint density at radius 2 is 2.33 bits per heavy atom. The van der Waals surface area contributed by atoms with E-state index in [0.717, 1.165) is 32.1 Å². The Balaban J connectivity index is 1.77. The van der Waals surface area contributed by atoms with Crippen LogP contribution in [-0.2, 0) is 4.74 Å². The van der Waals surface area contributed by atoms with Gasteiger partial charge in [-0.3, -0.25) is 4.79 Å². The minimum Gasteiger partial charge on any atom is -0.478 e. The molecule has 0 radical (unpaired) electrons. The molecule has 1 unspecified atom stereocenters. The highest BCUT2D eigenvalue weighted by atomic mass is 16.5. The van der Waals surface area contributed by atoms with E-state index in [9.17, 15) is 9.59 Å². The van der Waals surface area contributed by atoms with E-state index in [2.05, 4.69) is 5.32 Å². The molecule has 0 aromatic carbocycles. The lowest BCUT2D eigenvalue weighted by Crippen LogP contribution is -2.26. The van der Waals surface area contributed by atoms with Gasteiger partial charge in [-0.25, -0.2) is 4.79 Å². The summed E-state index contributed by atoms with van der Waals surface area (Å²) < 4.78 is 10.3. The van der Waals surface area contributed by atoms with Crippen LogP contribution in [0.3, 0.4) is 0 Å². The maximum absolute atomic E-state index is 11.6. The molecule has 2 N–H and O–H groups in total. The van der Waals surface area contributed by atoms with Gasteiger partial charge in [0.05, 0.1) is 11.7 Å². The van der Waals surface area contributed by atoms with Crippen molar-refractivity contribution in [2.24, 2.45) is 0 Å². The van der Waals surface area contributed by atoms with Gasteiger partial charge < -0.3 is 19.6 Å². The van der Waals surface area contributed by atoms with Gasteiger partial charge in [-0.2, -0.15) is 0 Å². The topological polar surface area (TPSA) is 88.8 Å². The average Bonchev–Trinajstić information content (AvgIpc) is 2.99. The minimum atomic E-state index is -1.11. The molecule has 6 nitrogen and oxygen atoms in total. The maximum atomic E-state index is 11.6. The Hall–Kier alpha value is -1.82. The monoisotopic (exact) mass is 253 g/mol. The Morgan fingerprint density at radius 1 is 1.50 bits per heavy atom. The van der Waals surface area contributed by atoms with E-state index in [-0.39, 0.29) is 17.4 Å². The van der Waals surface area contributed by atoms with Gasteiger partial charge in [0.25, 0.3) is 5.91 Å². The fraction of sp³-hybridized carbons (Fsp3) is 0.500. The van der Waals surface area contributed by atoms with Crippen molar-refractivity contribution in [3.8, 4) is 0 Å². The molecule has 1 aromatic rings. The van der Waals surface area contributed by atoms with Crippen molar-refractivity contribution >= 4 is 11.9 Å². The smallest absolute Gasteiger partial charge is 0.338 e. The second-order valence-corrected chi connectivity index (χ2v) is 4.18. The van der Waals surface area contributed by atoms with Crippen LogP contribution in [0.2, 0.25) is 0 Å². The van der Waals surface area contributed by atoms with Crippen molar-refractivity contribution in [3.05, 3.63) is 23.7 Å². The summed E-state index contributed by atoms with van der Waals surface area (Å²) in [7, 11) is 0. The standard InChI is InChI=1S/C12H15NO5/c14-11(10-6-8(7-18-10)12(15)16)13-4-3-9-2-1-5-17-9/h6-7,9H,1-5H2,(H,13,14)(H,15,16). The van der Waals surface area contributed by atoms with Gasteiger partial charge in [0.15, 0.2) is 5.76 Å². The van der Waals surface area contributed by atoms with E-state index in [1.807, 2.05) is 0 Å². The van der Waals surface area contributed by atoms with Crippen LogP contribution in [0.1, 0.15) is 40.2 Å². The molecule has 18 heavy (non-hydrogen) atoms. The second kappa shape index (κ2) is 5.68. The number of furan rings is 1. The first-order valence-electron chi connectivity index (χ1n) is 5.88. The Labute approximate surface area is 104 Å². The van der Waals surface area contributed by atoms with E-state index >= 15 is 0 Å². The van der Waals surface area contributed by atoms with Crippen molar-refractivity contribution in [3.63, 3.8) is 0 Å². The molecule has 0 aliphatic carbocycles. The van der Waals surface area contributed by atoms with Crippen LogP contribution >= 0.6 is 0 Å². The largest absolute Gasteiger partial charge is 0.478 e. The zero-order valence-corrected chi connectivity index (χ0v) is 9.85. The lowest BCUT2D eigenvalue weighted by molar-refractivity contribution is 0.0695. The van der Waals surface area contributed by atoms with Crippen molar-refractivity contribution in [1.82, 2.24) is 5.32 Å². The van der Waals surface area contributed by atoms with Gasteiger partial charge in [0.1, 0.15) is 6.26 Å². The summed E-state index contributed by atoms with van der Waals surface area (Å²) in [6.07, 6.45) is 4.13. The fourth-order valence-corrected chi connectivity index (χ4v) is 1.87. The number of rotatable bonds is 5. The number of hydrogen-bond acceptors (Lipinski definition) is 4. The van der Waals surface area contributed by atoms with Gasteiger partial charge in [-0.1, -0.05) is 0 Å². The third kappa shape index (κ3) is 3.10. The normalized spacial score (nSPS) is 18.8. The Bertz CT molecular complexity index is 433. The molecule has 1 amide bonds. The lowest BCUT2D eigenvalue weighted by Gasteiger charge is -2.08. The molecule has 98 valence electrons. The van der Waals surface area contributed by atoms with Gasteiger partial charge in [0, 0.05) is 19.2 Å². The first-order chi connectivity index (χ1) is 8.66. The lowest BCUT2D eigenvalue weighted by atomic mass is 10.2. The predicted molar refractivity (Wildman–Crippen MR) is 61.6 cm³/mol. The number of amides is 1. The van der Waals surface area contributed by atoms with E-state index in [1.165, 1.54) is 6.07 Å². The van der Waals surface area contributed by atoms with Crippen LogP contribution < -0.4 is 5.32 Å². The van der Waals surface area contributed by atoms with E-state index in [4.69, 9.17) is 14.3 Å². The summed E-state index contributed by atoms with van der Waals surface area (Å²) in [5, 5.41) is 11.4. The zero-order valence-electron chi connectivity index (χ0n) is 9.85. The molecule has 1 saturated heterocycles. The maximum Gasteiger partial charge on any atom is 0.338 e. The second-order valence-electron chi connectivity index (χ2n) is 4.18. The molecule has 2 rings (SSSR count). The fourth-order valence-electron chi connectivity index (χ4n) is 1.87. The molecule has 1 aliphatic rings. The molecule has 0 saturated carbocycles. The summed E-state index contributed by atoms with van der Waals surface area (Å²) in [5.74, 6) is -1.50. The summed E-state index contributed by atoms with van der Waals surface area (Å²) >= 11 is 0. The van der Waals surface area contributed by atoms with Gasteiger partial charge in [-0.15, -0.1) is 0 Å². The third-order valence-electron chi connectivity index (χ3n) is 2.85. The minimum absolute atomic E-state index is 0.0136. The molecular weight excluding hydrogens is 238 g/mol. The molecule has 1 atom stereocenters. The number of aromatic carboxylic acids is 1. The summed E-state index contributed by atoms with van der Waals surface area (Å²) in [5.41, 5.74) is -0.0284. The number of carbonyl (C=O) groups is 2. The number of carboxylic acid groups (broad SMARTS) is 1. The summed E-state index contributed by atoms with van der Waals surface area (Å²) in [6, 6.07) is 1.21. The number of carboxylic acids is 1. The van der Waals surface area contributed by atoms with Crippen molar-refractivity contribution in [1.29, 1.82) is 0 Å². The highest BCUT2D eigenvalue weighted by molar-refractivity contribution is 5.95. The highest BCUT2D eigenvalue weighted by Gasteiger charge is 2.17. The van der Waals surface area contributed by atoms with Crippen LogP contribution in [0.25, 0.3) is 0 Å². The zero-order chi connectivity index (χ0) is 13.0. The molecule has 1 aliphatic heterocycles. The van der Waals surface area contributed by atoms with E-state index in [0.29, 0.717) is 6.54 Å². The number of hydrogen-bond donors (Lipinski definition) is 2. The van der Waals surface area contributed by atoms with Gasteiger partial charge in [-0.05, 0) is 19.3 Å². The predicted octanol–water partition coefficient (Wildman–Crippen LogP) is 1.28. The first kappa shape index (κ1) is 12.6. The summed E-state index contributed by atoms with van der Waals surface area (Å²) in [4.78, 5) is 22.2. The molecule has 0 spiro atoms. The molecule has 2 heterocycles. The Morgan fingerprint density at radius 3 is 2.94 bits per heavy atom. The van der Waals surface area contributed by atoms with E-state index < -0.39 is 11.9 Å². The van der Waals surface area contributed by atoms with Crippen molar-refractivity contribution in [2.75, 3.05) is 13.2 Å². The number of ether oxygens (including phenoxy) is 1. The van der Waals surface area contributed by atoms with Crippen LogP contribution in [0.4, 0.5) is 0 Å². The summed E-state index contributed by atoms with van der Waals surface area (Å²) in [6.45, 7) is 1.28. The number of carbonyl (C=O) groups excluding carboxylic acids is 1. The SMILES string of the molecule is O=C(O)c1coc(C(=O)NCCC2CCCO2)c1. The van der Waals surface area contributed by atoms with Crippen molar-refractivity contribution < 1.29 is 23.8 Å². The quantitative estimate of drug-likeness (QED) is 0.825. The highest BCUT2D eigenvalue weighted by Crippen LogP contribution is 2.14. The first-order valence-corrected chi connectivity index (χ1v) is 5.88. The third-order valence-corrected chi connectivity index (χ3v) is 2.85. The van der Waals surface area contributed by atoms with Gasteiger partial charge >= 0.3 is 5.97 Å². The number of nitrogens with one attached hydrogen (secondary N) is 1. The van der Waals surface area contributed by atoms with Crippen molar-refractivity contribution in [2.45, 2.75) is 25.4 Å². The van der Waals surface area contributed by atoms with Crippen LogP contribution in [0, 0.1) is 0 Å². The van der Waals surface area contributed by atoms with Gasteiger partial charge in [0.2, 0.25) is 0 Å². The molecule has 0 bridgehead atoms. The van der Waals surface area contributed by atoms with E-state index in [1.54, 1.807) is 0 Å².